The van der Waals surface area contributed by atoms with E-state index >= 15 is 0 Å². The minimum atomic E-state index is -0.115. The molecule has 5 aliphatic rings. The predicted octanol–water partition coefficient (Wildman–Crippen LogP) is 8.74. The van der Waals surface area contributed by atoms with Gasteiger partial charge in [0, 0.05) is 12.3 Å². The van der Waals surface area contributed by atoms with Crippen molar-refractivity contribution in [1.82, 2.24) is 0 Å². The number of carbonyl (C=O) groups is 1. The molecule has 2 heteroatoms. The van der Waals surface area contributed by atoms with Gasteiger partial charge in [-0.1, -0.05) is 73.5 Å². The molecule has 8 unspecified atom stereocenters. The summed E-state index contributed by atoms with van der Waals surface area (Å²) in [5, 5.41) is 0. The number of hydrogen-bond acceptors (Lipinski definition) is 2. The minimum absolute atomic E-state index is 0.0324. The molecule has 0 aromatic carbocycles. The zero-order valence-corrected chi connectivity index (χ0v) is 23.8. The second-order valence-corrected chi connectivity index (χ2v) is 15.5. The van der Waals surface area contributed by atoms with Crippen LogP contribution in [-0.4, -0.2) is 12.1 Å². The highest BCUT2D eigenvalue weighted by molar-refractivity contribution is 5.66. The van der Waals surface area contributed by atoms with Crippen molar-refractivity contribution < 1.29 is 9.53 Å². The van der Waals surface area contributed by atoms with E-state index in [2.05, 4.69) is 61.5 Å². The van der Waals surface area contributed by atoms with Gasteiger partial charge in [0.1, 0.15) is 6.10 Å². The highest BCUT2D eigenvalue weighted by Crippen LogP contribution is 2.76. The monoisotopic (exact) mass is 468 g/mol. The van der Waals surface area contributed by atoms with Gasteiger partial charge in [-0.25, -0.2) is 0 Å². The van der Waals surface area contributed by atoms with Crippen molar-refractivity contribution >= 4 is 5.97 Å². The molecule has 4 fully saturated rings. The van der Waals surface area contributed by atoms with Crippen molar-refractivity contribution in [2.75, 3.05) is 0 Å². The van der Waals surface area contributed by atoms with Gasteiger partial charge in [0.2, 0.25) is 0 Å². The molecule has 8 atom stereocenters. The molecule has 0 radical (unpaired) electrons. The Bertz CT molecular complexity index is 897. The fraction of sp³-hybridized carbons (Fsp3) is 0.906. The zero-order valence-electron chi connectivity index (χ0n) is 23.8. The number of ether oxygens (including phenoxy) is 1. The summed E-state index contributed by atoms with van der Waals surface area (Å²) in [6.07, 6.45) is 15.9. The number of rotatable bonds is 1. The van der Waals surface area contributed by atoms with Crippen molar-refractivity contribution in [2.45, 2.75) is 133 Å². The number of fused-ring (bicyclic) bond motifs is 7. The van der Waals surface area contributed by atoms with Gasteiger partial charge in [-0.05, 0) is 103 Å². The number of hydrogen-bond donors (Lipinski definition) is 0. The van der Waals surface area contributed by atoms with E-state index in [-0.39, 0.29) is 22.9 Å². The van der Waals surface area contributed by atoms with Crippen LogP contribution in [0.15, 0.2) is 11.6 Å². The second kappa shape index (κ2) is 7.38. The first-order valence-electron chi connectivity index (χ1n) is 14.5. The van der Waals surface area contributed by atoms with Gasteiger partial charge in [-0.2, -0.15) is 0 Å². The molecule has 2 nitrogen and oxygen atoms in total. The van der Waals surface area contributed by atoms with Gasteiger partial charge in [0.25, 0.3) is 0 Å². The minimum Gasteiger partial charge on any atom is -0.462 e. The largest absolute Gasteiger partial charge is 0.462 e. The number of esters is 1. The van der Waals surface area contributed by atoms with Crippen molar-refractivity contribution in [3.63, 3.8) is 0 Å². The summed E-state index contributed by atoms with van der Waals surface area (Å²) >= 11 is 0. The van der Waals surface area contributed by atoms with Crippen LogP contribution in [0.4, 0.5) is 0 Å². The topological polar surface area (TPSA) is 26.3 Å². The Labute approximate surface area is 210 Å². The summed E-state index contributed by atoms with van der Waals surface area (Å²) in [7, 11) is 0. The summed E-state index contributed by atoms with van der Waals surface area (Å²) in [6.45, 7) is 22.2. The van der Waals surface area contributed by atoms with E-state index in [1.54, 1.807) is 12.5 Å². The van der Waals surface area contributed by atoms with Gasteiger partial charge in [0.15, 0.2) is 0 Å². The molecule has 34 heavy (non-hydrogen) atoms. The lowest BCUT2D eigenvalue weighted by Crippen LogP contribution is -2.64. The smallest absolute Gasteiger partial charge is 0.302 e. The molecule has 0 bridgehead atoms. The van der Waals surface area contributed by atoms with E-state index in [0.717, 1.165) is 18.3 Å². The Kier molecular flexibility index (Phi) is 5.40. The molecule has 0 aromatic rings. The Balaban J connectivity index is 1.53. The number of carbonyl (C=O) groups excluding carboxylic acids is 1. The van der Waals surface area contributed by atoms with Crippen LogP contribution in [0.5, 0.6) is 0 Å². The standard InChI is InChI=1S/C32H52O2/c1-21(33)34-26-15-17-29(6)22-14-18-32(9)25-11-10-16-27(2,3)31(25,8)20-19-30(32,7)23(22)12-13-24(29)28(26,4)5/h14,23-26H,10-13,15-20H2,1-9H3. The molecule has 0 aromatic heterocycles. The fourth-order valence-corrected chi connectivity index (χ4v) is 11.2. The quantitative estimate of drug-likeness (QED) is 0.284. The van der Waals surface area contributed by atoms with Gasteiger partial charge in [-0.3, -0.25) is 4.79 Å². The summed E-state index contributed by atoms with van der Waals surface area (Å²) in [6, 6.07) is 0. The predicted molar refractivity (Wildman–Crippen MR) is 140 cm³/mol. The Morgan fingerprint density at radius 1 is 0.794 bits per heavy atom. The van der Waals surface area contributed by atoms with Crippen LogP contribution in [0.2, 0.25) is 0 Å². The zero-order chi connectivity index (χ0) is 24.9. The summed E-state index contributed by atoms with van der Waals surface area (Å²) in [5.74, 6) is 2.04. The molecule has 0 spiro atoms. The van der Waals surface area contributed by atoms with Crippen LogP contribution in [-0.2, 0) is 9.53 Å². The Hall–Kier alpha value is -0.790. The molecule has 0 heterocycles. The first-order chi connectivity index (χ1) is 15.6. The van der Waals surface area contributed by atoms with E-state index in [1.165, 1.54) is 57.8 Å². The molecule has 0 saturated heterocycles. The third kappa shape index (κ3) is 2.95. The van der Waals surface area contributed by atoms with Crippen LogP contribution in [0.3, 0.4) is 0 Å². The average Bonchev–Trinajstić information content (AvgIpc) is 2.73. The van der Waals surface area contributed by atoms with Crippen molar-refractivity contribution in [3.8, 4) is 0 Å². The molecule has 192 valence electrons. The molecule has 5 rings (SSSR count). The summed E-state index contributed by atoms with van der Waals surface area (Å²) in [4.78, 5) is 11.9. The first-order valence-corrected chi connectivity index (χ1v) is 14.5. The highest BCUT2D eigenvalue weighted by Gasteiger charge is 2.68. The lowest BCUT2D eigenvalue weighted by molar-refractivity contribution is -0.207. The molecule has 4 saturated carbocycles. The summed E-state index contributed by atoms with van der Waals surface area (Å²) < 4.78 is 5.89. The maximum absolute atomic E-state index is 11.9. The third-order valence-corrected chi connectivity index (χ3v) is 13.9. The first kappa shape index (κ1) is 24.9. The van der Waals surface area contributed by atoms with E-state index in [1.807, 2.05) is 0 Å². The SMILES string of the molecule is CC(=O)OC1CCC2(C)C3=CCC4(C)C5CCCC(C)(C)C5(C)CCC4(C)C3CCC2C1(C)C. The van der Waals surface area contributed by atoms with Gasteiger partial charge in [0.05, 0.1) is 0 Å². The molecule has 0 N–H and O–H groups in total. The maximum atomic E-state index is 11.9. The van der Waals surface area contributed by atoms with E-state index in [0.29, 0.717) is 27.6 Å². The molecule has 5 aliphatic carbocycles. The molecule has 0 amide bonds. The van der Waals surface area contributed by atoms with Gasteiger partial charge >= 0.3 is 5.97 Å². The van der Waals surface area contributed by atoms with Crippen LogP contribution >= 0.6 is 0 Å². The average molecular weight is 469 g/mol. The van der Waals surface area contributed by atoms with Crippen LogP contribution in [0.25, 0.3) is 0 Å². The van der Waals surface area contributed by atoms with E-state index in [9.17, 15) is 4.79 Å². The lowest BCUT2D eigenvalue weighted by Gasteiger charge is -2.72. The second-order valence-electron chi connectivity index (χ2n) is 15.5. The van der Waals surface area contributed by atoms with E-state index in [4.69, 9.17) is 4.74 Å². The fourth-order valence-electron chi connectivity index (χ4n) is 11.2. The maximum Gasteiger partial charge on any atom is 0.302 e. The Morgan fingerprint density at radius 2 is 1.47 bits per heavy atom. The van der Waals surface area contributed by atoms with Gasteiger partial charge < -0.3 is 4.74 Å². The van der Waals surface area contributed by atoms with Gasteiger partial charge in [-0.15, -0.1) is 0 Å². The molecular formula is C32H52O2. The van der Waals surface area contributed by atoms with Crippen molar-refractivity contribution in [1.29, 1.82) is 0 Å². The summed E-state index contributed by atoms with van der Waals surface area (Å²) in [5.41, 5.74) is 3.81. The van der Waals surface area contributed by atoms with Crippen molar-refractivity contribution in [3.05, 3.63) is 11.6 Å². The number of allylic oxidation sites excluding steroid dienone is 2. The van der Waals surface area contributed by atoms with Crippen molar-refractivity contribution in [2.24, 2.45) is 50.2 Å². The lowest BCUT2D eigenvalue weighted by atomic mass is 9.32. The van der Waals surface area contributed by atoms with Crippen LogP contribution < -0.4 is 0 Å². The highest BCUT2D eigenvalue weighted by atomic mass is 16.5. The van der Waals surface area contributed by atoms with E-state index < -0.39 is 0 Å². The Morgan fingerprint density at radius 3 is 2.15 bits per heavy atom. The molecular weight excluding hydrogens is 416 g/mol. The third-order valence-electron chi connectivity index (χ3n) is 13.9. The normalized spacial score (nSPS) is 51.1. The molecule has 0 aliphatic heterocycles. The van der Waals surface area contributed by atoms with Crippen LogP contribution in [0, 0.1) is 50.2 Å². The van der Waals surface area contributed by atoms with Crippen LogP contribution in [0.1, 0.15) is 127 Å².